The van der Waals surface area contributed by atoms with Gasteiger partial charge in [0.05, 0.1) is 9.58 Å². The van der Waals surface area contributed by atoms with E-state index in [0.29, 0.717) is 17.0 Å². The lowest BCUT2D eigenvalue weighted by molar-refractivity contribution is 0.0790. The quantitative estimate of drug-likeness (QED) is 0.480. The normalized spacial score (nSPS) is 10.8. The number of rotatable bonds is 6. The number of carbonyl (C=O) groups excluding carboxylic acids is 2. The lowest BCUT2D eigenvalue weighted by Gasteiger charge is -2.16. The SMILES string of the molecule is CN(Cc1cccc(C(N)=O)c1)C(=O)c1cc2sc(Nc3ccccc3)nc2s1. The van der Waals surface area contributed by atoms with Gasteiger partial charge in [-0.3, -0.25) is 9.59 Å². The van der Waals surface area contributed by atoms with Crippen molar-refractivity contribution in [3.8, 4) is 0 Å². The first kappa shape index (κ1) is 19.1. The molecule has 0 aliphatic heterocycles. The van der Waals surface area contributed by atoms with Crippen LogP contribution in [0.2, 0.25) is 0 Å². The number of hydrogen-bond donors (Lipinski definition) is 2. The van der Waals surface area contributed by atoms with Crippen molar-refractivity contribution in [1.29, 1.82) is 0 Å². The van der Waals surface area contributed by atoms with Crippen LogP contribution in [0.15, 0.2) is 60.7 Å². The second-order valence-corrected chi connectivity index (χ2v) is 8.58. The van der Waals surface area contributed by atoms with Crippen molar-refractivity contribution in [3.63, 3.8) is 0 Å². The molecule has 6 nitrogen and oxygen atoms in total. The van der Waals surface area contributed by atoms with Crippen LogP contribution in [0.1, 0.15) is 25.6 Å². The number of amides is 2. The summed E-state index contributed by atoms with van der Waals surface area (Å²) in [5.41, 5.74) is 7.59. The fraction of sp³-hybridized carbons (Fsp3) is 0.0952. The first-order valence-electron chi connectivity index (χ1n) is 8.86. The van der Waals surface area contributed by atoms with E-state index in [2.05, 4.69) is 10.3 Å². The van der Waals surface area contributed by atoms with Gasteiger partial charge in [-0.25, -0.2) is 4.98 Å². The number of thiazole rings is 1. The van der Waals surface area contributed by atoms with E-state index in [1.165, 1.54) is 22.7 Å². The fourth-order valence-electron chi connectivity index (χ4n) is 2.90. The molecule has 0 aliphatic rings. The van der Waals surface area contributed by atoms with Gasteiger partial charge in [-0.1, -0.05) is 41.7 Å². The van der Waals surface area contributed by atoms with Crippen molar-refractivity contribution in [1.82, 2.24) is 9.88 Å². The number of thiophene rings is 1. The number of hydrogen-bond acceptors (Lipinski definition) is 6. The highest BCUT2D eigenvalue weighted by molar-refractivity contribution is 7.29. The predicted octanol–water partition coefficient (Wildman–Crippen LogP) is 4.47. The topological polar surface area (TPSA) is 88.3 Å². The lowest BCUT2D eigenvalue weighted by atomic mass is 10.1. The number of benzene rings is 2. The number of para-hydroxylation sites is 1. The summed E-state index contributed by atoms with van der Waals surface area (Å²) < 4.78 is 0.973. The van der Waals surface area contributed by atoms with Gasteiger partial charge in [-0.2, -0.15) is 0 Å². The van der Waals surface area contributed by atoms with Crippen LogP contribution in [0, 0.1) is 0 Å². The Balaban J connectivity index is 1.47. The van der Waals surface area contributed by atoms with Gasteiger partial charge in [0.2, 0.25) is 5.91 Å². The Kier molecular flexibility index (Phi) is 5.28. The smallest absolute Gasteiger partial charge is 0.264 e. The third-order valence-corrected chi connectivity index (χ3v) is 6.37. The number of nitrogens with zero attached hydrogens (tertiary/aromatic N) is 2. The number of carbonyl (C=O) groups is 2. The molecule has 2 heterocycles. The highest BCUT2D eigenvalue weighted by Crippen LogP contribution is 2.34. The van der Waals surface area contributed by atoms with E-state index >= 15 is 0 Å². The third-order valence-electron chi connectivity index (χ3n) is 4.30. The van der Waals surface area contributed by atoms with E-state index in [4.69, 9.17) is 5.73 Å². The summed E-state index contributed by atoms with van der Waals surface area (Å²) in [6.45, 7) is 0.389. The summed E-state index contributed by atoms with van der Waals surface area (Å²) in [6.07, 6.45) is 0. The molecule has 0 saturated heterocycles. The van der Waals surface area contributed by atoms with E-state index in [9.17, 15) is 9.59 Å². The van der Waals surface area contributed by atoms with Crippen LogP contribution in [0.5, 0.6) is 0 Å². The van der Waals surface area contributed by atoms with Crippen LogP contribution in [0.4, 0.5) is 10.8 Å². The van der Waals surface area contributed by atoms with Gasteiger partial charge in [-0.15, -0.1) is 11.3 Å². The van der Waals surface area contributed by atoms with E-state index in [1.54, 1.807) is 30.1 Å². The molecule has 146 valence electrons. The average Bonchev–Trinajstić information content (AvgIpc) is 3.27. The van der Waals surface area contributed by atoms with E-state index in [-0.39, 0.29) is 5.91 Å². The van der Waals surface area contributed by atoms with Gasteiger partial charge in [0, 0.05) is 24.8 Å². The molecule has 2 aromatic carbocycles. The van der Waals surface area contributed by atoms with Gasteiger partial charge < -0.3 is 16.0 Å². The van der Waals surface area contributed by atoms with Crippen LogP contribution in [-0.2, 0) is 6.54 Å². The van der Waals surface area contributed by atoms with Gasteiger partial charge in [0.1, 0.15) is 4.83 Å². The zero-order valence-corrected chi connectivity index (χ0v) is 17.2. The summed E-state index contributed by atoms with van der Waals surface area (Å²) in [4.78, 5) is 31.8. The fourth-order valence-corrected chi connectivity index (χ4v) is 5.03. The van der Waals surface area contributed by atoms with Crippen molar-refractivity contribution in [3.05, 3.63) is 76.7 Å². The Labute approximate surface area is 175 Å². The van der Waals surface area contributed by atoms with E-state index < -0.39 is 5.91 Å². The Hall–Kier alpha value is -3.23. The monoisotopic (exact) mass is 422 g/mol. The summed E-state index contributed by atoms with van der Waals surface area (Å²) in [6, 6.07) is 18.7. The second kappa shape index (κ2) is 8.02. The minimum absolute atomic E-state index is 0.0813. The Morgan fingerprint density at radius 1 is 1.07 bits per heavy atom. The van der Waals surface area contributed by atoms with Crippen molar-refractivity contribution < 1.29 is 9.59 Å². The molecule has 4 rings (SSSR count). The second-order valence-electron chi connectivity index (χ2n) is 6.52. The van der Waals surface area contributed by atoms with Crippen molar-refractivity contribution in [2.75, 3.05) is 12.4 Å². The first-order chi connectivity index (χ1) is 14.0. The largest absolute Gasteiger partial charge is 0.366 e. The van der Waals surface area contributed by atoms with Crippen molar-refractivity contribution >= 4 is 54.8 Å². The Bertz CT molecular complexity index is 1150. The molecule has 4 aromatic rings. The highest BCUT2D eigenvalue weighted by Gasteiger charge is 2.18. The molecule has 0 radical (unpaired) electrons. The molecule has 0 aliphatic carbocycles. The molecule has 0 bridgehead atoms. The predicted molar refractivity (Wildman–Crippen MR) is 118 cm³/mol. The maximum absolute atomic E-state index is 12.8. The van der Waals surface area contributed by atoms with Gasteiger partial charge in [0.25, 0.3) is 5.91 Å². The molecule has 29 heavy (non-hydrogen) atoms. The number of fused-ring (bicyclic) bond motifs is 1. The van der Waals surface area contributed by atoms with Crippen molar-refractivity contribution in [2.24, 2.45) is 5.73 Å². The van der Waals surface area contributed by atoms with E-state index in [0.717, 1.165) is 25.9 Å². The average molecular weight is 423 g/mol. The zero-order chi connectivity index (χ0) is 20.4. The molecule has 0 atom stereocenters. The highest BCUT2D eigenvalue weighted by atomic mass is 32.1. The first-order valence-corrected chi connectivity index (χ1v) is 10.5. The summed E-state index contributed by atoms with van der Waals surface area (Å²) in [5.74, 6) is -0.562. The molecule has 2 amide bonds. The van der Waals surface area contributed by atoms with Crippen LogP contribution >= 0.6 is 22.7 Å². The molecule has 2 aromatic heterocycles. The van der Waals surface area contributed by atoms with Crippen molar-refractivity contribution in [2.45, 2.75) is 6.54 Å². The number of nitrogens with two attached hydrogens (primary N) is 1. The van der Waals surface area contributed by atoms with Crippen LogP contribution < -0.4 is 11.1 Å². The van der Waals surface area contributed by atoms with E-state index in [1.807, 2.05) is 42.5 Å². The number of nitrogens with one attached hydrogen (secondary N) is 1. The molecular formula is C21H18N4O2S2. The molecule has 0 fully saturated rings. The van der Waals surface area contributed by atoms with Crippen LogP contribution in [0.25, 0.3) is 9.53 Å². The summed E-state index contributed by atoms with van der Waals surface area (Å²) in [7, 11) is 1.74. The molecular weight excluding hydrogens is 404 g/mol. The maximum atomic E-state index is 12.8. The number of primary amides is 1. The standard InChI is InChI=1S/C21H18N4O2S2/c1-25(12-13-6-5-7-14(10-13)18(22)26)20(27)17-11-16-19(28-17)24-21(29-16)23-15-8-3-2-4-9-15/h2-11H,12H2,1H3,(H2,22,26)(H,23,24). The van der Waals surface area contributed by atoms with Crippen LogP contribution in [-0.4, -0.2) is 28.7 Å². The van der Waals surface area contributed by atoms with Crippen LogP contribution in [0.3, 0.4) is 0 Å². The molecule has 0 unspecified atom stereocenters. The maximum Gasteiger partial charge on any atom is 0.264 e. The summed E-state index contributed by atoms with van der Waals surface area (Å²) in [5, 5.41) is 4.08. The third kappa shape index (κ3) is 4.28. The molecule has 0 spiro atoms. The van der Waals surface area contributed by atoms with Gasteiger partial charge in [-0.05, 0) is 35.9 Å². The Morgan fingerprint density at radius 3 is 2.59 bits per heavy atom. The number of anilines is 2. The molecule has 8 heteroatoms. The molecule has 0 saturated carbocycles. The minimum Gasteiger partial charge on any atom is -0.366 e. The Morgan fingerprint density at radius 2 is 1.86 bits per heavy atom. The minimum atomic E-state index is -0.481. The molecule has 3 N–H and O–H groups in total. The van der Waals surface area contributed by atoms with Gasteiger partial charge >= 0.3 is 0 Å². The summed E-state index contributed by atoms with van der Waals surface area (Å²) >= 11 is 2.89. The van der Waals surface area contributed by atoms with Gasteiger partial charge in [0.15, 0.2) is 5.13 Å². The zero-order valence-electron chi connectivity index (χ0n) is 15.6. The lowest BCUT2D eigenvalue weighted by Crippen LogP contribution is -2.25. The number of aromatic nitrogens is 1.